The van der Waals surface area contributed by atoms with Crippen molar-refractivity contribution in [1.29, 1.82) is 0 Å². The number of nitrogens with one attached hydrogen (secondary N) is 1. The van der Waals surface area contributed by atoms with E-state index in [1.807, 2.05) is 42.3 Å². The van der Waals surface area contributed by atoms with Gasteiger partial charge in [-0.05, 0) is 43.7 Å². The lowest BCUT2D eigenvalue weighted by molar-refractivity contribution is -0.127. The Labute approximate surface area is 165 Å². The molecule has 1 aromatic carbocycles. The van der Waals surface area contributed by atoms with E-state index in [9.17, 15) is 4.79 Å². The van der Waals surface area contributed by atoms with E-state index in [2.05, 4.69) is 47.5 Å². The molecule has 0 radical (unpaired) electrons. The van der Waals surface area contributed by atoms with Gasteiger partial charge in [-0.3, -0.25) is 14.5 Å². The molecule has 3 unspecified atom stereocenters. The smallest absolute Gasteiger partial charge is 0.223 e. The Morgan fingerprint density at radius 3 is 2.82 bits per heavy atom. The van der Waals surface area contributed by atoms with Crippen molar-refractivity contribution in [3.05, 3.63) is 60.1 Å². The number of nitrogens with zero attached hydrogens (tertiary/aromatic N) is 5. The van der Waals surface area contributed by atoms with Crippen LogP contribution in [0, 0.1) is 12.8 Å². The number of anilines is 1. The molecule has 1 amide bonds. The van der Waals surface area contributed by atoms with Gasteiger partial charge in [0.15, 0.2) is 0 Å². The summed E-state index contributed by atoms with van der Waals surface area (Å²) in [5.74, 6) is 1.01. The highest BCUT2D eigenvalue weighted by Crippen LogP contribution is 2.34. The minimum atomic E-state index is 0.0269. The summed E-state index contributed by atoms with van der Waals surface area (Å²) in [4.78, 5) is 13.7. The van der Waals surface area contributed by atoms with Crippen LogP contribution in [0.1, 0.15) is 31.1 Å². The van der Waals surface area contributed by atoms with E-state index in [1.165, 1.54) is 5.56 Å². The fourth-order valence-electron chi connectivity index (χ4n) is 3.85. The predicted molar refractivity (Wildman–Crippen MR) is 110 cm³/mol. The summed E-state index contributed by atoms with van der Waals surface area (Å²) in [6.45, 7) is 6.39. The second-order valence-corrected chi connectivity index (χ2v) is 7.56. The highest BCUT2D eigenvalue weighted by molar-refractivity contribution is 5.99. The van der Waals surface area contributed by atoms with Crippen LogP contribution in [0.25, 0.3) is 0 Å². The molecule has 1 aromatic heterocycles. The van der Waals surface area contributed by atoms with E-state index < -0.39 is 0 Å². The molecule has 2 aliphatic heterocycles. The van der Waals surface area contributed by atoms with E-state index in [4.69, 9.17) is 5.10 Å². The molecule has 0 saturated heterocycles. The predicted octanol–water partition coefficient (Wildman–Crippen LogP) is 2.89. The maximum Gasteiger partial charge on any atom is 0.223 e. The number of carbonyl (C=O) groups excluding carboxylic acids is 1. The van der Waals surface area contributed by atoms with Gasteiger partial charge in [0.1, 0.15) is 5.84 Å². The van der Waals surface area contributed by atoms with Crippen molar-refractivity contribution in [3.63, 3.8) is 0 Å². The molecule has 7 heteroatoms. The number of hydrazone groups is 1. The van der Waals surface area contributed by atoms with Gasteiger partial charge in [0.25, 0.3) is 0 Å². The molecule has 1 N–H and O–H groups in total. The first-order valence-electron chi connectivity index (χ1n) is 9.58. The first kappa shape index (κ1) is 18.3. The minimum Gasteiger partial charge on any atom is -0.342 e. The molecule has 0 aliphatic carbocycles. The Balaban J connectivity index is 1.66. The number of amidine groups is 1. The molecule has 7 nitrogen and oxygen atoms in total. The van der Waals surface area contributed by atoms with Crippen LogP contribution < -0.4 is 5.32 Å². The van der Waals surface area contributed by atoms with Crippen LogP contribution in [0.15, 0.2) is 53.9 Å². The fourth-order valence-corrected chi connectivity index (χ4v) is 3.85. The van der Waals surface area contributed by atoms with Gasteiger partial charge in [0.2, 0.25) is 5.91 Å². The van der Waals surface area contributed by atoms with Gasteiger partial charge in [-0.15, -0.1) is 0 Å². The standard InChI is InChI=1S/C21H26N6O/c1-14-6-5-7-17(12-14)22-21-18-13-26(16(3)28)11-9-20(18)27(24-21)15(2)19-8-10-25(4)23-19/h5-12,15,18,20H,13H2,1-4H3,(H,22,24). The van der Waals surface area contributed by atoms with E-state index in [0.717, 1.165) is 17.2 Å². The number of amides is 1. The van der Waals surface area contributed by atoms with Crippen LogP contribution in [0.2, 0.25) is 0 Å². The van der Waals surface area contributed by atoms with Gasteiger partial charge in [-0.1, -0.05) is 12.1 Å². The zero-order valence-corrected chi connectivity index (χ0v) is 16.7. The Morgan fingerprint density at radius 2 is 2.14 bits per heavy atom. The van der Waals surface area contributed by atoms with Gasteiger partial charge in [0, 0.05) is 38.6 Å². The van der Waals surface area contributed by atoms with Crippen LogP contribution in [0.5, 0.6) is 0 Å². The van der Waals surface area contributed by atoms with Crippen LogP contribution in [-0.4, -0.2) is 44.0 Å². The van der Waals surface area contributed by atoms with Crippen molar-refractivity contribution in [2.75, 3.05) is 11.9 Å². The van der Waals surface area contributed by atoms with E-state index in [1.54, 1.807) is 11.8 Å². The molecule has 28 heavy (non-hydrogen) atoms. The normalized spacial score (nSPS) is 22.1. The number of hydrogen-bond acceptors (Lipinski definition) is 5. The molecule has 3 heterocycles. The summed E-state index contributed by atoms with van der Waals surface area (Å²) in [6.07, 6.45) is 5.90. The Kier molecular flexibility index (Phi) is 4.66. The third-order valence-corrected chi connectivity index (χ3v) is 5.40. The summed E-state index contributed by atoms with van der Waals surface area (Å²) in [7, 11) is 1.92. The van der Waals surface area contributed by atoms with Crippen molar-refractivity contribution >= 4 is 17.4 Å². The molecule has 146 valence electrons. The summed E-state index contributed by atoms with van der Waals surface area (Å²) in [6, 6.07) is 10.4. The molecular formula is C21H26N6O. The molecular weight excluding hydrogens is 352 g/mol. The number of carbonyl (C=O) groups is 1. The van der Waals surface area contributed by atoms with Crippen molar-refractivity contribution in [2.24, 2.45) is 18.1 Å². The van der Waals surface area contributed by atoms with Gasteiger partial charge in [-0.25, -0.2) is 0 Å². The van der Waals surface area contributed by atoms with Crippen LogP contribution >= 0.6 is 0 Å². The lowest BCUT2D eigenvalue weighted by atomic mass is 9.94. The highest BCUT2D eigenvalue weighted by atomic mass is 16.2. The number of aryl methyl sites for hydroxylation is 2. The van der Waals surface area contributed by atoms with E-state index in [0.29, 0.717) is 6.54 Å². The van der Waals surface area contributed by atoms with E-state index in [-0.39, 0.29) is 23.9 Å². The van der Waals surface area contributed by atoms with Gasteiger partial charge in [-0.2, -0.15) is 10.2 Å². The maximum absolute atomic E-state index is 11.9. The Hall–Kier alpha value is -3.09. The first-order chi connectivity index (χ1) is 13.4. The second kappa shape index (κ2) is 7.14. The second-order valence-electron chi connectivity index (χ2n) is 7.56. The molecule has 3 atom stereocenters. The monoisotopic (exact) mass is 378 g/mol. The molecule has 2 aromatic rings. The third kappa shape index (κ3) is 3.40. The largest absolute Gasteiger partial charge is 0.342 e. The number of benzene rings is 1. The minimum absolute atomic E-state index is 0.0269. The molecule has 0 spiro atoms. The van der Waals surface area contributed by atoms with Crippen LogP contribution in [-0.2, 0) is 11.8 Å². The quantitative estimate of drug-likeness (QED) is 0.892. The SMILES string of the molecule is CC(=O)N1C=CC2C(C1)C(Nc1cccc(C)c1)=NN2C(C)c1ccn(C)n1. The molecule has 0 fully saturated rings. The average Bonchev–Trinajstić information content (AvgIpc) is 3.25. The number of hydrogen-bond donors (Lipinski definition) is 1. The van der Waals surface area contributed by atoms with E-state index >= 15 is 0 Å². The summed E-state index contributed by atoms with van der Waals surface area (Å²) >= 11 is 0. The van der Waals surface area contributed by atoms with Gasteiger partial charge in [0.05, 0.1) is 23.7 Å². The molecule has 2 aliphatic rings. The lowest BCUT2D eigenvalue weighted by Gasteiger charge is -2.34. The van der Waals surface area contributed by atoms with Gasteiger partial charge >= 0.3 is 0 Å². The van der Waals surface area contributed by atoms with Crippen molar-refractivity contribution < 1.29 is 4.79 Å². The lowest BCUT2D eigenvalue weighted by Crippen LogP contribution is -2.45. The number of aromatic nitrogens is 2. The Bertz CT molecular complexity index is 946. The fraction of sp³-hybridized carbons (Fsp3) is 0.381. The molecule has 0 bridgehead atoms. The summed E-state index contributed by atoms with van der Waals surface area (Å²) in [5, 5.41) is 15.1. The highest BCUT2D eigenvalue weighted by Gasteiger charge is 2.42. The number of rotatable bonds is 3. The van der Waals surface area contributed by atoms with Crippen molar-refractivity contribution in [1.82, 2.24) is 19.7 Å². The zero-order valence-electron chi connectivity index (χ0n) is 16.7. The summed E-state index contributed by atoms with van der Waals surface area (Å²) < 4.78 is 1.81. The van der Waals surface area contributed by atoms with Gasteiger partial charge < -0.3 is 10.2 Å². The zero-order chi connectivity index (χ0) is 19.8. The van der Waals surface area contributed by atoms with Crippen molar-refractivity contribution in [2.45, 2.75) is 32.9 Å². The molecule has 0 saturated carbocycles. The van der Waals surface area contributed by atoms with Crippen molar-refractivity contribution in [3.8, 4) is 0 Å². The first-order valence-corrected chi connectivity index (χ1v) is 9.58. The summed E-state index contributed by atoms with van der Waals surface area (Å²) in [5.41, 5.74) is 3.17. The third-order valence-electron chi connectivity index (χ3n) is 5.40. The Morgan fingerprint density at radius 1 is 1.32 bits per heavy atom. The topological polar surface area (TPSA) is 65.8 Å². The van der Waals surface area contributed by atoms with Crippen LogP contribution in [0.3, 0.4) is 0 Å². The maximum atomic E-state index is 11.9. The average molecular weight is 378 g/mol. The van der Waals surface area contributed by atoms with Crippen LogP contribution in [0.4, 0.5) is 5.69 Å². The molecule has 4 rings (SSSR count). The number of fused-ring (bicyclic) bond motifs is 1.